The van der Waals surface area contributed by atoms with Gasteiger partial charge in [-0.1, -0.05) is 98.5 Å². The molecule has 8 atom stereocenters. The zero-order valence-corrected chi connectivity index (χ0v) is 21.8. The van der Waals surface area contributed by atoms with Crippen molar-refractivity contribution in [1.82, 2.24) is 0 Å². The summed E-state index contributed by atoms with van der Waals surface area (Å²) < 4.78 is 0. The Morgan fingerprint density at radius 1 is 0.968 bits per heavy atom. The molecule has 1 heteroatoms. The van der Waals surface area contributed by atoms with Crippen molar-refractivity contribution in [2.75, 3.05) is 0 Å². The van der Waals surface area contributed by atoms with Gasteiger partial charge >= 0.3 is 0 Å². The fraction of sp³-hybridized carbons (Fsp3) is 0.867. The summed E-state index contributed by atoms with van der Waals surface area (Å²) in [5.74, 6) is 3.85. The van der Waals surface area contributed by atoms with Crippen molar-refractivity contribution in [3.8, 4) is 0 Å². The number of aliphatic hydroxyl groups is 1. The van der Waals surface area contributed by atoms with Gasteiger partial charge < -0.3 is 5.11 Å². The first-order valence-corrected chi connectivity index (χ1v) is 13.5. The Hall–Kier alpha value is -0.560. The lowest BCUT2D eigenvalue weighted by Crippen LogP contribution is -2.58. The smallest absolute Gasteiger partial charge is 0.0628 e. The Labute approximate surface area is 193 Å². The lowest BCUT2D eigenvalue weighted by atomic mass is 9.40. The van der Waals surface area contributed by atoms with E-state index >= 15 is 0 Å². The van der Waals surface area contributed by atoms with Gasteiger partial charge in [-0.25, -0.2) is 0 Å². The molecule has 1 N–H and O–H groups in total. The maximum absolute atomic E-state index is 10.8. The van der Waals surface area contributed by atoms with E-state index in [4.69, 9.17) is 0 Å². The van der Waals surface area contributed by atoms with E-state index in [1.807, 2.05) is 0 Å². The van der Waals surface area contributed by atoms with E-state index in [1.165, 1.54) is 38.5 Å². The van der Waals surface area contributed by atoms with E-state index in [1.54, 1.807) is 5.57 Å². The average molecular weight is 427 g/mol. The molecule has 0 aromatic rings. The summed E-state index contributed by atoms with van der Waals surface area (Å²) >= 11 is 0. The molecule has 176 valence electrons. The molecular formula is C30H50O. The third-order valence-corrected chi connectivity index (χ3v) is 11.4. The topological polar surface area (TPSA) is 20.2 Å². The predicted molar refractivity (Wildman–Crippen MR) is 133 cm³/mol. The molecule has 0 aromatic carbocycles. The van der Waals surface area contributed by atoms with Gasteiger partial charge in [0, 0.05) is 5.41 Å². The van der Waals surface area contributed by atoms with Gasteiger partial charge in [0.2, 0.25) is 0 Å². The van der Waals surface area contributed by atoms with Crippen molar-refractivity contribution in [1.29, 1.82) is 0 Å². The molecule has 31 heavy (non-hydrogen) atoms. The van der Waals surface area contributed by atoms with Gasteiger partial charge in [0.25, 0.3) is 0 Å². The number of rotatable bonds is 5. The molecular weight excluding hydrogens is 376 g/mol. The summed E-state index contributed by atoms with van der Waals surface area (Å²) in [6.45, 7) is 19.6. The number of aliphatic hydroxyl groups excluding tert-OH is 1. The largest absolute Gasteiger partial charge is 0.392 e. The van der Waals surface area contributed by atoms with E-state index in [0.29, 0.717) is 10.8 Å². The molecule has 4 aliphatic carbocycles. The normalized spacial score (nSPS) is 46.8. The van der Waals surface area contributed by atoms with Gasteiger partial charge in [-0.15, -0.1) is 0 Å². The van der Waals surface area contributed by atoms with Crippen molar-refractivity contribution in [3.05, 3.63) is 23.8 Å². The molecule has 0 heterocycles. The second kappa shape index (κ2) is 7.75. The highest BCUT2D eigenvalue weighted by Crippen LogP contribution is 2.71. The molecule has 4 rings (SSSR count). The summed E-state index contributed by atoms with van der Waals surface area (Å²) in [5, 5.41) is 10.8. The first-order valence-electron chi connectivity index (χ1n) is 13.5. The van der Waals surface area contributed by atoms with Crippen molar-refractivity contribution in [2.24, 2.45) is 51.2 Å². The maximum atomic E-state index is 10.8. The minimum absolute atomic E-state index is 0.0708. The molecule has 0 radical (unpaired) electrons. The van der Waals surface area contributed by atoms with Crippen LogP contribution in [0.5, 0.6) is 0 Å². The molecule has 0 bridgehead atoms. The third kappa shape index (κ3) is 3.34. The second-order valence-corrected chi connectivity index (χ2v) is 13.7. The molecule has 2 saturated carbocycles. The van der Waals surface area contributed by atoms with Gasteiger partial charge in [-0.3, -0.25) is 0 Å². The summed E-state index contributed by atoms with van der Waals surface area (Å²) in [7, 11) is 0. The minimum atomic E-state index is -0.185. The van der Waals surface area contributed by atoms with Crippen LogP contribution in [0.15, 0.2) is 23.8 Å². The van der Waals surface area contributed by atoms with Crippen molar-refractivity contribution in [3.63, 3.8) is 0 Å². The highest BCUT2D eigenvalue weighted by molar-refractivity contribution is 5.34. The van der Waals surface area contributed by atoms with Crippen LogP contribution in [0.2, 0.25) is 0 Å². The number of hydrogen-bond acceptors (Lipinski definition) is 1. The van der Waals surface area contributed by atoms with Crippen LogP contribution in [-0.4, -0.2) is 11.2 Å². The lowest BCUT2D eigenvalue weighted by Gasteiger charge is -2.64. The van der Waals surface area contributed by atoms with Crippen LogP contribution in [0, 0.1) is 51.2 Å². The summed E-state index contributed by atoms with van der Waals surface area (Å²) in [5.41, 5.74) is 2.48. The van der Waals surface area contributed by atoms with Crippen LogP contribution in [0.3, 0.4) is 0 Å². The Kier molecular flexibility index (Phi) is 5.90. The van der Waals surface area contributed by atoms with Crippen LogP contribution >= 0.6 is 0 Å². The van der Waals surface area contributed by atoms with E-state index in [2.05, 4.69) is 73.6 Å². The average Bonchev–Trinajstić information content (AvgIpc) is 2.96. The molecule has 0 aromatic heterocycles. The molecule has 0 amide bonds. The Morgan fingerprint density at radius 3 is 2.35 bits per heavy atom. The van der Waals surface area contributed by atoms with Gasteiger partial charge in [-0.2, -0.15) is 0 Å². The number of hydrogen-bond donors (Lipinski definition) is 1. The highest BCUT2D eigenvalue weighted by atomic mass is 16.3. The zero-order chi connectivity index (χ0) is 22.8. The first kappa shape index (κ1) is 23.6. The fourth-order valence-electron chi connectivity index (χ4n) is 9.11. The van der Waals surface area contributed by atoms with Gasteiger partial charge in [-0.05, 0) is 77.9 Å². The molecule has 4 aliphatic rings. The quantitative estimate of drug-likeness (QED) is 0.439. The molecule has 0 unspecified atom stereocenters. The van der Waals surface area contributed by atoms with E-state index in [9.17, 15) is 5.11 Å². The Bertz CT molecular complexity index is 744. The Morgan fingerprint density at radius 2 is 1.68 bits per heavy atom. The standard InChI is InChI=1S/C30H50O/c1-20(2)10-9-11-21(3)22-14-18-30(8)24-12-13-25-27(4,5)26(31)16-17-28(25,6)23(24)15-19-29(22,30)7/h13-14,18,20-24,26,31H,9-12,15-17,19H2,1-8H3/t21-,22-,23+,24-,26-,28-,29-,30+/m1/s1. The first-order chi connectivity index (χ1) is 14.4. The molecule has 1 nitrogen and oxygen atoms in total. The fourth-order valence-corrected chi connectivity index (χ4v) is 9.11. The van der Waals surface area contributed by atoms with Gasteiger partial charge in [0.1, 0.15) is 0 Å². The third-order valence-electron chi connectivity index (χ3n) is 11.4. The summed E-state index contributed by atoms with van der Waals surface area (Å²) in [4.78, 5) is 0. The maximum Gasteiger partial charge on any atom is 0.0628 e. The summed E-state index contributed by atoms with van der Waals surface area (Å²) in [6.07, 6.45) is 17.9. The highest BCUT2D eigenvalue weighted by Gasteiger charge is 2.64. The number of fused-ring (bicyclic) bond motifs is 5. The number of allylic oxidation sites excluding steroid dienone is 3. The van der Waals surface area contributed by atoms with Crippen LogP contribution in [0.1, 0.15) is 107 Å². The monoisotopic (exact) mass is 426 g/mol. The second-order valence-electron chi connectivity index (χ2n) is 13.7. The predicted octanol–water partition coefficient (Wildman–Crippen LogP) is 8.19. The molecule has 0 aliphatic heterocycles. The van der Waals surface area contributed by atoms with Crippen LogP contribution in [0.25, 0.3) is 0 Å². The van der Waals surface area contributed by atoms with Gasteiger partial charge in [0.15, 0.2) is 0 Å². The molecule has 0 spiro atoms. The summed E-state index contributed by atoms with van der Waals surface area (Å²) in [6, 6.07) is 0. The van der Waals surface area contributed by atoms with Crippen LogP contribution < -0.4 is 0 Å². The van der Waals surface area contributed by atoms with Crippen molar-refractivity contribution >= 4 is 0 Å². The Balaban J connectivity index is 1.60. The van der Waals surface area contributed by atoms with Crippen molar-refractivity contribution in [2.45, 2.75) is 113 Å². The van der Waals surface area contributed by atoms with E-state index in [0.717, 1.165) is 42.4 Å². The van der Waals surface area contributed by atoms with Crippen LogP contribution in [-0.2, 0) is 0 Å². The molecule has 0 saturated heterocycles. The van der Waals surface area contributed by atoms with Gasteiger partial charge in [0.05, 0.1) is 6.10 Å². The zero-order valence-electron chi connectivity index (χ0n) is 21.8. The molecule has 2 fully saturated rings. The van der Waals surface area contributed by atoms with Crippen LogP contribution in [0.4, 0.5) is 0 Å². The minimum Gasteiger partial charge on any atom is -0.392 e. The SMILES string of the molecule is CC(C)CCC[C@@H](C)[C@H]1C=C[C@@]2(C)[C@@H]3CC=C4C(C)(C)[C@H](O)CC[C@]4(C)[C@H]3CC[C@]12C. The lowest BCUT2D eigenvalue weighted by molar-refractivity contribution is -0.111. The van der Waals surface area contributed by atoms with E-state index < -0.39 is 0 Å². The van der Waals surface area contributed by atoms with Crippen molar-refractivity contribution < 1.29 is 5.11 Å². The van der Waals surface area contributed by atoms with E-state index in [-0.39, 0.29) is 16.9 Å².